The molecule has 9 heteroatoms. The number of Topliss-reactive ketones (excluding diaryl/α,β-unsaturated/α-hetero) is 1. The van der Waals surface area contributed by atoms with Crippen molar-refractivity contribution in [3.63, 3.8) is 0 Å². The van der Waals surface area contributed by atoms with E-state index < -0.39 is 11.7 Å². The number of carbonyl (C=O) groups is 3. The summed E-state index contributed by atoms with van der Waals surface area (Å²) in [6.45, 7) is 10.9. The van der Waals surface area contributed by atoms with Crippen LogP contribution >= 0.6 is 0 Å². The maximum atomic E-state index is 14.0. The van der Waals surface area contributed by atoms with Crippen molar-refractivity contribution in [3.8, 4) is 5.75 Å². The number of nitrogens with two attached hydrogens (primary N) is 1. The van der Waals surface area contributed by atoms with Crippen LogP contribution in [0.25, 0.3) is 10.9 Å². The number of carbonyl (C=O) groups excluding carboxylic acids is 3. The molecule has 0 aliphatic carbocycles. The minimum atomic E-state index is -0.653. The number of ether oxygens (including phenoxy) is 1. The maximum absolute atomic E-state index is 14.0. The number of hydrogen-bond acceptors (Lipinski definition) is 6. The quantitative estimate of drug-likeness (QED) is 0.257. The third-order valence-electron chi connectivity index (χ3n) is 7.41. The number of rotatable bonds is 9. The van der Waals surface area contributed by atoms with E-state index in [9.17, 15) is 14.4 Å². The molecule has 2 N–H and O–H groups in total. The van der Waals surface area contributed by atoms with E-state index >= 15 is 0 Å². The van der Waals surface area contributed by atoms with Crippen LogP contribution in [0.15, 0.2) is 48.7 Å². The molecule has 2 heterocycles. The minimum absolute atomic E-state index is 0.0351. The van der Waals surface area contributed by atoms with Crippen LogP contribution in [0.4, 0.5) is 0 Å². The number of ketones is 1. The monoisotopic (exact) mass is 533 g/mol. The molecule has 1 aliphatic rings. The first-order chi connectivity index (χ1) is 18.7. The van der Waals surface area contributed by atoms with Crippen molar-refractivity contribution in [2.45, 2.75) is 52.7 Å². The third kappa shape index (κ3) is 5.78. The van der Waals surface area contributed by atoms with Gasteiger partial charge in [0.2, 0.25) is 0 Å². The molecule has 208 valence electrons. The zero-order valence-electron chi connectivity index (χ0n) is 23.5. The van der Waals surface area contributed by atoms with Crippen molar-refractivity contribution < 1.29 is 19.1 Å². The van der Waals surface area contributed by atoms with Gasteiger partial charge in [0, 0.05) is 63.0 Å². The summed E-state index contributed by atoms with van der Waals surface area (Å²) in [4.78, 5) is 45.6. The molecule has 1 unspecified atom stereocenters. The van der Waals surface area contributed by atoms with Crippen LogP contribution < -0.4 is 10.6 Å². The SMILES string of the molecule is CCCN(C)C(=O)C(=O)c1cn(N)c2cc(OCC)c(C(=O)N3C[C@H](C)N(Cc4ccccc4)CC3C)cc12. The van der Waals surface area contributed by atoms with Crippen molar-refractivity contribution in [1.29, 1.82) is 0 Å². The Morgan fingerprint density at radius 1 is 1.03 bits per heavy atom. The van der Waals surface area contributed by atoms with Gasteiger partial charge in [-0.25, -0.2) is 0 Å². The molecule has 4 rings (SSSR count). The fourth-order valence-electron chi connectivity index (χ4n) is 5.30. The van der Waals surface area contributed by atoms with Crippen molar-refractivity contribution in [1.82, 2.24) is 19.4 Å². The van der Waals surface area contributed by atoms with Crippen LogP contribution in [0.5, 0.6) is 5.75 Å². The molecule has 2 amide bonds. The van der Waals surface area contributed by atoms with Gasteiger partial charge in [-0.1, -0.05) is 37.3 Å². The van der Waals surface area contributed by atoms with Crippen LogP contribution in [0.3, 0.4) is 0 Å². The predicted octanol–water partition coefficient (Wildman–Crippen LogP) is 3.54. The van der Waals surface area contributed by atoms with Crippen molar-refractivity contribution in [2.75, 3.05) is 39.1 Å². The molecular weight excluding hydrogens is 494 g/mol. The number of fused-ring (bicyclic) bond motifs is 1. The van der Waals surface area contributed by atoms with Crippen molar-refractivity contribution in [2.24, 2.45) is 0 Å². The van der Waals surface area contributed by atoms with E-state index in [2.05, 4.69) is 24.0 Å². The first-order valence-electron chi connectivity index (χ1n) is 13.6. The minimum Gasteiger partial charge on any atom is -0.493 e. The van der Waals surface area contributed by atoms with Gasteiger partial charge in [-0.05, 0) is 38.8 Å². The maximum Gasteiger partial charge on any atom is 0.294 e. The smallest absolute Gasteiger partial charge is 0.294 e. The Bertz CT molecular complexity index is 1350. The highest BCUT2D eigenvalue weighted by atomic mass is 16.5. The molecule has 1 saturated heterocycles. The Kier molecular flexibility index (Phi) is 8.60. The van der Waals surface area contributed by atoms with E-state index in [1.807, 2.05) is 43.9 Å². The van der Waals surface area contributed by atoms with E-state index in [1.54, 1.807) is 19.2 Å². The summed E-state index contributed by atoms with van der Waals surface area (Å²) >= 11 is 0. The van der Waals surface area contributed by atoms with E-state index in [0.29, 0.717) is 41.9 Å². The average molecular weight is 534 g/mol. The topological polar surface area (TPSA) is 101 Å². The van der Waals surface area contributed by atoms with Gasteiger partial charge in [0.15, 0.2) is 0 Å². The van der Waals surface area contributed by atoms with Gasteiger partial charge in [0.1, 0.15) is 5.75 Å². The number of nitrogen functional groups attached to an aromatic ring is 1. The number of hydrogen-bond donors (Lipinski definition) is 1. The highest BCUT2D eigenvalue weighted by Gasteiger charge is 2.34. The number of aromatic nitrogens is 1. The van der Waals surface area contributed by atoms with Gasteiger partial charge in [-0.15, -0.1) is 0 Å². The van der Waals surface area contributed by atoms with E-state index in [1.165, 1.54) is 21.3 Å². The number of amides is 2. The van der Waals surface area contributed by atoms with Gasteiger partial charge in [0.25, 0.3) is 17.6 Å². The number of nitrogens with zero attached hydrogens (tertiary/aromatic N) is 4. The highest BCUT2D eigenvalue weighted by molar-refractivity contribution is 6.45. The second-order valence-electron chi connectivity index (χ2n) is 10.4. The van der Waals surface area contributed by atoms with Gasteiger partial charge in [-0.2, -0.15) is 0 Å². The van der Waals surface area contributed by atoms with Crippen molar-refractivity contribution >= 4 is 28.5 Å². The summed E-state index contributed by atoms with van der Waals surface area (Å²) in [6.07, 6.45) is 2.18. The Morgan fingerprint density at radius 2 is 1.74 bits per heavy atom. The lowest BCUT2D eigenvalue weighted by atomic mass is 10.0. The lowest BCUT2D eigenvalue weighted by Crippen LogP contribution is -2.57. The van der Waals surface area contributed by atoms with Gasteiger partial charge < -0.3 is 20.4 Å². The summed E-state index contributed by atoms with van der Waals surface area (Å²) in [5.74, 6) is 5.16. The second kappa shape index (κ2) is 11.9. The summed E-state index contributed by atoms with van der Waals surface area (Å²) in [6, 6.07) is 13.8. The molecule has 1 fully saturated rings. The van der Waals surface area contributed by atoms with E-state index in [0.717, 1.165) is 19.5 Å². The summed E-state index contributed by atoms with van der Waals surface area (Å²) in [5.41, 5.74) is 2.28. The lowest BCUT2D eigenvalue weighted by molar-refractivity contribution is -0.125. The summed E-state index contributed by atoms with van der Waals surface area (Å²) in [5, 5.41) is 0.455. The molecule has 0 spiro atoms. The van der Waals surface area contributed by atoms with Gasteiger partial charge >= 0.3 is 0 Å². The standard InChI is InChI=1S/C30H39N5O4/c1-6-13-32(5)30(38)28(36)25-19-35(31)26-15-27(39-7-2)24(14-23(25)26)29(37)34-17-20(3)33(16-21(34)4)18-22-11-9-8-10-12-22/h8-12,14-15,19-21H,6-7,13,16-18,31H2,1-5H3/t20-,21?/m0/s1. The van der Waals surface area contributed by atoms with Crippen LogP contribution in [0, 0.1) is 0 Å². The number of likely N-dealkylation sites (N-methyl/N-ethyl adjacent to an activating group) is 1. The number of benzene rings is 2. The van der Waals surface area contributed by atoms with Crippen LogP contribution in [0.2, 0.25) is 0 Å². The molecule has 3 aromatic rings. The molecule has 0 saturated carbocycles. The Hall–Kier alpha value is -3.85. The predicted molar refractivity (Wildman–Crippen MR) is 152 cm³/mol. The van der Waals surface area contributed by atoms with E-state index in [4.69, 9.17) is 10.6 Å². The number of piperazine rings is 1. The second-order valence-corrected chi connectivity index (χ2v) is 10.4. The molecule has 9 nitrogen and oxygen atoms in total. The normalized spacial score (nSPS) is 17.8. The molecule has 1 aromatic heterocycles. The van der Waals surface area contributed by atoms with Crippen LogP contribution in [-0.2, 0) is 11.3 Å². The average Bonchev–Trinajstić information content (AvgIpc) is 3.25. The summed E-state index contributed by atoms with van der Waals surface area (Å²) in [7, 11) is 1.60. The summed E-state index contributed by atoms with van der Waals surface area (Å²) < 4.78 is 7.18. The zero-order chi connectivity index (χ0) is 28.3. The molecule has 2 atom stereocenters. The molecule has 2 aromatic carbocycles. The van der Waals surface area contributed by atoms with Crippen LogP contribution in [0.1, 0.15) is 60.4 Å². The largest absolute Gasteiger partial charge is 0.493 e. The van der Waals surface area contributed by atoms with Crippen molar-refractivity contribution in [3.05, 3.63) is 65.4 Å². The molecule has 0 bridgehead atoms. The fourth-order valence-corrected chi connectivity index (χ4v) is 5.30. The van der Waals surface area contributed by atoms with Gasteiger partial charge in [0.05, 0.1) is 23.3 Å². The first-order valence-corrected chi connectivity index (χ1v) is 13.6. The fraction of sp³-hybridized carbons (Fsp3) is 0.433. The molecular formula is C30H39N5O4. The Morgan fingerprint density at radius 3 is 2.41 bits per heavy atom. The zero-order valence-corrected chi connectivity index (χ0v) is 23.5. The Labute approximate surface area is 230 Å². The van der Waals surface area contributed by atoms with E-state index in [-0.39, 0.29) is 23.6 Å². The first kappa shape index (κ1) is 28.2. The Balaban J connectivity index is 1.66. The molecule has 0 radical (unpaired) electrons. The highest BCUT2D eigenvalue weighted by Crippen LogP contribution is 2.32. The third-order valence-corrected chi connectivity index (χ3v) is 7.41. The van der Waals surface area contributed by atoms with Gasteiger partial charge in [-0.3, -0.25) is 24.0 Å². The molecule has 1 aliphatic heterocycles. The molecule has 39 heavy (non-hydrogen) atoms. The lowest BCUT2D eigenvalue weighted by Gasteiger charge is -2.44. The van der Waals surface area contributed by atoms with Crippen LogP contribution in [-0.4, -0.2) is 82.3 Å².